The summed E-state index contributed by atoms with van der Waals surface area (Å²) in [5.74, 6) is -0.468. The number of aldehydes is 1. The Balaban J connectivity index is 2.38. The fraction of sp³-hybridized carbons (Fsp3) is 0.889. The van der Waals surface area contributed by atoms with Gasteiger partial charge >= 0.3 is 6.18 Å². The van der Waals surface area contributed by atoms with Crippen molar-refractivity contribution in [3.05, 3.63) is 0 Å². The van der Waals surface area contributed by atoms with Crippen LogP contribution in [0.4, 0.5) is 13.2 Å². The molecule has 76 valence electrons. The van der Waals surface area contributed by atoms with Crippen LogP contribution in [0.2, 0.25) is 0 Å². The number of rotatable bonds is 2. The van der Waals surface area contributed by atoms with Crippen LogP contribution < -0.4 is 0 Å². The van der Waals surface area contributed by atoms with Crippen LogP contribution in [0, 0.1) is 11.8 Å². The molecule has 1 nitrogen and oxygen atoms in total. The number of hydrogen-bond acceptors (Lipinski definition) is 1. The molecule has 1 aliphatic rings. The van der Waals surface area contributed by atoms with Crippen LogP contribution in [-0.2, 0) is 4.79 Å². The smallest absolute Gasteiger partial charge is 0.303 e. The quantitative estimate of drug-likeness (QED) is 0.617. The lowest BCUT2D eigenvalue weighted by Gasteiger charge is -2.26. The summed E-state index contributed by atoms with van der Waals surface area (Å²) in [7, 11) is 0. The molecule has 4 heteroatoms. The molecule has 0 aromatic carbocycles. The average Bonchev–Trinajstić information content (AvgIpc) is 2.01. The van der Waals surface area contributed by atoms with Gasteiger partial charge in [-0.15, -0.1) is 0 Å². The Morgan fingerprint density at radius 1 is 1.31 bits per heavy atom. The van der Waals surface area contributed by atoms with Crippen LogP contribution in [0.5, 0.6) is 0 Å². The minimum Gasteiger partial charge on any atom is -0.303 e. The van der Waals surface area contributed by atoms with E-state index in [1.807, 2.05) is 0 Å². The minimum absolute atomic E-state index is 0.138. The Hall–Kier alpha value is -0.540. The van der Waals surface area contributed by atoms with Crippen molar-refractivity contribution in [2.45, 2.75) is 38.3 Å². The summed E-state index contributed by atoms with van der Waals surface area (Å²) >= 11 is 0. The summed E-state index contributed by atoms with van der Waals surface area (Å²) in [5, 5.41) is 0. The highest BCUT2D eigenvalue weighted by Crippen LogP contribution is 2.35. The second-order valence-electron chi connectivity index (χ2n) is 3.75. The molecule has 0 aromatic heterocycles. The third-order valence-corrected chi connectivity index (χ3v) is 2.54. The molecule has 1 fully saturated rings. The highest BCUT2D eigenvalue weighted by atomic mass is 19.4. The minimum atomic E-state index is -4.07. The normalized spacial score (nSPS) is 30.1. The van der Waals surface area contributed by atoms with Crippen LogP contribution in [0.1, 0.15) is 32.1 Å². The van der Waals surface area contributed by atoms with Gasteiger partial charge in [-0.2, -0.15) is 13.2 Å². The maximum atomic E-state index is 12.0. The number of halogens is 3. The molecule has 1 saturated carbocycles. The molecule has 0 radical (unpaired) electrons. The van der Waals surface area contributed by atoms with E-state index in [0.29, 0.717) is 12.8 Å². The Kier molecular flexibility index (Phi) is 3.33. The van der Waals surface area contributed by atoms with Gasteiger partial charge in [0.1, 0.15) is 6.29 Å². The summed E-state index contributed by atoms with van der Waals surface area (Å²) in [6, 6.07) is 0. The Morgan fingerprint density at radius 3 is 2.54 bits per heavy atom. The summed E-state index contributed by atoms with van der Waals surface area (Å²) < 4.78 is 35.9. The summed E-state index contributed by atoms with van der Waals surface area (Å²) in [4.78, 5) is 10.4. The topological polar surface area (TPSA) is 17.1 Å². The molecule has 2 unspecified atom stereocenters. The van der Waals surface area contributed by atoms with Gasteiger partial charge in [0.25, 0.3) is 0 Å². The van der Waals surface area contributed by atoms with Crippen molar-refractivity contribution in [3.63, 3.8) is 0 Å². The Labute approximate surface area is 75.3 Å². The summed E-state index contributed by atoms with van der Waals surface area (Å²) in [6.45, 7) is 0. The second-order valence-corrected chi connectivity index (χ2v) is 3.75. The SMILES string of the molecule is O=CC1CCCC(CC(F)(F)F)C1. The average molecular weight is 194 g/mol. The maximum Gasteiger partial charge on any atom is 0.389 e. The molecule has 0 spiro atoms. The first-order valence-corrected chi connectivity index (χ1v) is 4.53. The van der Waals surface area contributed by atoms with Gasteiger partial charge in [-0.1, -0.05) is 12.8 Å². The molecular formula is C9H13F3O. The molecule has 1 rings (SSSR count). The maximum absolute atomic E-state index is 12.0. The Bertz CT molecular complexity index is 176. The lowest BCUT2D eigenvalue weighted by atomic mass is 9.80. The standard InChI is InChI=1S/C9H13F3O/c10-9(11,12)5-7-2-1-3-8(4-7)6-13/h6-8H,1-5H2. The van der Waals surface area contributed by atoms with E-state index in [2.05, 4.69) is 0 Å². The molecule has 2 atom stereocenters. The number of carbonyl (C=O) groups excluding carboxylic acids is 1. The third kappa shape index (κ3) is 3.79. The summed E-state index contributed by atoms with van der Waals surface area (Å²) in [6.07, 6.45) is -1.45. The molecule has 0 N–H and O–H groups in total. The predicted molar refractivity (Wildman–Crippen MR) is 42.2 cm³/mol. The van der Waals surface area contributed by atoms with Gasteiger partial charge < -0.3 is 4.79 Å². The van der Waals surface area contributed by atoms with Crippen molar-refractivity contribution in [1.82, 2.24) is 0 Å². The van der Waals surface area contributed by atoms with Gasteiger partial charge in [-0.05, 0) is 18.8 Å². The van der Waals surface area contributed by atoms with E-state index in [0.717, 1.165) is 19.1 Å². The van der Waals surface area contributed by atoms with E-state index < -0.39 is 12.6 Å². The Morgan fingerprint density at radius 2 is 2.00 bits per heavy atom. The van der Waals surface area contributed by atoms with Gasteiger partial charge in [0.2, 0.25) is 0 Å². The van der Waals surface area contributed by atoms with Gasteiger partial charge in [0.05, 0.1) is 0 Å². The fourth-order valence-corrected chi connectivity index (χ4v) is 1.97. The van der Waals surface area contributed by atoms with E-state index in [9.17, 15) is 18.0 Å². The van der Waals surface area contributed by atoms with Gasteiger partial charge in [-0.3, -0.25) is 0 Å². The predicted octanol–water partition coefficient (Wildman–Crippen LogP) is 2.94. The largest absolute Gasteiger partial charge is 0.389 e. The second kappa shape index (κ2) is 4.11. The van der Waals surface area contributed by atoms with Gasteiger partial charge in [0.15, 0.2) is 0 Å². The molecule has 0 saturated heterocycles. The first-order valence-electron chi connectivity index (χ1n) is 4.53. The number of alkyl halides is 3. The van der Waals surface area contributed by atoms with Gasteiger partial charge in [-0.25, -0.2) is 0 Å². The van der Waals surface area contributed by atoms with Crippen molar-refractivity contribution in [2.24, 2.45) is 11.8 Å². The zero-order valence-corrected chi connectivity index (χ0v) is 7.31. The van der Waals surface area contributed by atoms with E-state index in [-0.39, 0.29) is 11.8 Å². The van der Waals surface area contributed by atoms with Crippen LogP contribution in [0.25, 0.3) is 0 Å². The molecule has 0 bridgehead atoms. The molecule has 0 aliphatic heterocycles. The molecule has 0 amide bonds. The molecule has 0 heterocycles. The zero-order valence-electron chi connectivity index (χ0n) is 7.31. The zero-order chi connectivity index (χ0) is 9.90. The van der Waals surface area contributed by atoms with Crippen LogP contribution >= 0.6 is 0 Å². The molecule has 0 aromatic rings. The summed E-state index contributed by atoms with van der Waals surface area (Å²) in [5.41, 5.74) is 0. The molecule has 13 heavy (non-hydrogen) atoms. The first-order chi connectivity index (χ1) is 6.01. The van der Waals surface area contributed by atoms with Crippen LogP contribution in [0.3, 0.4) is 0 Å². The number of hydrogen-bond donors (Lipinski definition) is 0. The molecule has 1 aliphatic carbocycles. The van der Waals surface area contributed by atoms with E-state index >= 15 is 0 Å². The van der Waals surface area contributed by atoms with Crippen molar-refractivity contribution >= 4 is 6.29 Å². The van der Waals surface area contributed by atoms with Crippen LogP contribution in [0.15, 0.2) is 0 Å². The van der Waals surface area contributed by atoms with Gasteiger partial charge in [0, 0.05) is 12.3 Å². The van der Waals surface area contributed by atoms with E-state index in [1.54, 1.807) is 0 Å². The molecular weight excluding hydrogens is 181 g/mol. The third-order valence-electron chi connectivity index (χ3n) is 2.54. The van der Waals surface area contributed by atoms with Crippen molar-refractivity contribution in [3.8, 4) is 0 Å². The van der Waals surface area contributed by atoms with Crippen molar-refractivity contribution < 1.29 is 18.0 Å². The number of carbonyl (C=O) groups is 1. The monoisotopic (exact) mass is 194 g/mol. The van der Waals surface area contributed by atoms with Crippen molar-refractivity contribution in [2.75, 3.05) is 0 Å². The van der Waals surface area contributed by atoms with Crippen LogP contribution in [-0.4, -0.2) is 12.5 Å². The van der Waals surface area contributed by atoms with E-state index in [1.165, 1.54) is 0 Å². The highest BCUT2D eigenvalue weighted by Gasteiger charge is 2.34. The van der Waals surface area contributed by atoms with Crippen molar-refractivity contribution in [1.29, 1.82) is 0 Å². The fourth-order valence-electron chi connectivity index (χ4n) is 1.97. The lowest BCUT2D eigenvalue weighted by Crippen LogP contribution is -2.22. The van der Waals surface area contributed by atoms with E-state index in [4.69, 9.17) is 0 Å². The first kappa shape index (κ1) is 10.5. The highest BCUT2D eigenvalue weighted by molar-refractivity contribution is 5.53. The lowest BCUT2D eigenvalue weighted by molar-refractivity contribution is -0.148.